The van der Waals surface area contributed by atoms with Crippen LogP contribution in [0.25, 0.3) is 16.7 Å². The van der Waals surface area contributed by atoms with Crippen molar-refractivity contribution in [2.45, 2.75) is 19.8 Å². The van der Waals surface area contributed by atoms with E-state index in [9.17, 15) is 9.59 Å². The molecule has 1 N–H and O–H groups in total. The first-order chi connectivity index (χ1) is 13.6. The molecule has 0 radical (unpaired) electrons. The van der Waals surface area contributed by atoms with E-state index in [0.29, 0.717) is 34.7 Å². The topological polar surface area (TPSA) is 81.4 Å². The lowest BCUT2D eigenvalue weighted by Gasteiger charge is -2.08. The van der Waals surface area contributed by atoms with Gasteiger partial charge in [0, 0.05) is 11.9 Å². The highest BCUT2D eigenvalue weighted by molar-refractivity contribution is 6.33. The van der Waals surface area contributed by atoms with Crippen LogP contribution >= 0.6 is 11.6 Å². The summed E-state index contributed by atoms with van der Waals surface area (Å²) in [7, 11) is 0. The van der Waals surface area contributed by atoms with Gasteiger partial charge in [0.25, 0.3) is 0 Å². The van der Waals surface area contributed by atoms with Crippen LogP contribution in [0.2, 0.25) is 5.02 Å². The first-order valence-corrected chi connectivity index (χ1v) is 9.24. The number of rotatable bonds is 8. The number of hydrogen-bond donors (Lipinski definition) is 1. The highest BCUT2D eigenvalue weighted by atomic mass is 35.5. The number of hydrogen-bond acceptors (Lipinski definition) is 6. The molecule has 2 aromatic carbocycles. The second-order valence-corrected chi connectivity index (χ2v) is 6.44. The third-order valence-corrected chi connectivity index (χ3v) is 4.31. The van der Waals surface area contributed by atoms with Gasteiger partial charge in [0.15, 0.2) is 11.9 Å². The third kappa shape index (κ3) is 4.58. The van der Waals surface area contributed by atoms with E-state index in [0.717, 1.165) is 12.8 Å². The first kappa shape index (κ1) is 19.6. The first-order valence-electron chi connectivity index (χ1n) is 8.87. The Morgan fingerprint density at radius 2 is 2.11 bits per heavy atom. The fourth-order valence-corrected chi connectivity index (χ4v) is 2.66. The number of benzene rings is 2. The number of nitrogens with one attached hydrogen (secondary N) is 1. The maximum absolute atomic E-state index is 12.2. The van der Waals surface area contributed by atoms with E-state index >= 15 is 0 Å². The van der Waals surface area contributed by atoms with E-state index in [1.807, 2.05) is 19.1 Å². The number of esters is 1. The van der Waals surface area contributed by atoms with Crippen LogP contribution in [0.5, 0.6) is 0 Å². The predicted octanol–water partition coefficient (Wildman–Crippen LogP) is 5.09. The van der Waals surface area contributed by atoms with Crippen LogP contribution in [-0.2, 0) is 9.53 Å². The largest absolute Gasteiger partial charge is 0.462 e. The van der Waals surface area contributed by atoms with Gasteiger partial charge < -0.3 is 14.5 Å². The molecule has 144 valence electrons. The molecule has 0 saturated heterocycles. The molecule has 0 aliphatic heterocycles. The molecule has 0 fully saturated rings. The lowest BCUT2D eigenvalue weighted by molar-refractivity contribution is -0.103. The van der Waals surface area contributed by atoms with Crippen molar-refractivity contribution in [1.82, 2.24) is 4.98 Å². The van der Waals surface area contributed by atoms with Crippen molar-refractivity contribution < 1.29 is 18.7 Å². The number of unbranched alkanes of at least 4 members (excludes halogenated alkanes) is 1. The Hall–Kier alpha value is -3.12. The van der Waals surface area contributed by atoms with Crippen molar-refractivity contribution in [2.75, 3.05) is 11.9 Å². The minimum absolute atomic E-state index is 0.205. The molecule has 0 spiro atoms. The molecule has 1 heterocycles. The Morgan fingerprint density at radius 3 is 2.86 bits per heavy atom. The van der Waals surface area contributed by atoms with E-state index < -0.39 is 5.97 Å². The molecule has 3 rings (SSSR count). The van der Waals surface area contributed by atoms with Crippen LogP contribution in [0.1, 0.15) is 36.0 Å². The highest BCUT2D eigenvalue weighted by Gasteiger charge is 2.13. The van der Waals surface area contributed by atoms with Crippen molar-refractivity contribution in [1.29, 1.82) is 0 Å². The zero-order valence-electron chi connectivity index (χ0n) is 15.3. The van der Waals surface area contributed by atoms with Gasteiger partial charge in [-0.1, -0.05) is 37.1 Å². The smallest absolute Gasteiger partial charge is 0.339 e. The summed E-state index contributed by atoms with van der Waals surface area (Å²) in [6.45, 7) is 2.36. The Balaban J connectivity index is 1.79. The number of aldehydes is 1. The number of aromatic nitrogens is 1. The van der Waals surface area contributed by atoms with Crippen LogP contribution in [0.3, 0.4) is 0 Å². The third-order valence-electron chi connectivity index (χ3n) is 3.98. The van der Waals surface area contributed by atoms with E-state index in [4.69, 9.17) is 20.8 Å². The van der Waals surface area contributed by atoms with Crippen molar-refractivity contribution in [2.24, 2.45) is 0 Å². The maximum atomic E-state index is 12.2. The Kier molecular flexibility index (Phi) is 6.45. The molecule has 7 heteroatoms. The summed E-state index contributed by atoms with van der Waals surface area (Å²) >= 11 is 6.11. The number of ether oxygens (including phenoxy) is 1. The summed E-state index contributed by atoms with van der Waals surface area (Å²) in [6, 6.07) is 12.1. The highest BCUT2D eigenvalue weighted by Crippen LogP contribution is 2.23. The average Bonchev–Trinajstić information content (AvgIpc) is 3.13. The number of halogens is 1. The normalized spacial score (nSPS) is 11.4. The Morgan fingerprint density at radius 1 is 1.29 bits per heavy atom. The molecule has 28 heavy (non-hydrogen) atoms. The van der Waals surface area contributed by atoms with Crippen molar-refractivity contribution in [3.8, 4) is 0 Å². The molecule has 0 saturated carbocycles. The molecule has 0 aliphatic carbocycles. The molecule has 0 unspecified atom stereocenters. The quantitative estimate of drug-likeness (QED) is 0.246. The fraction of sp³-hybridized carbons (Fsp3) is 0.190. The number of anilines is 1. The number of nitrogens with zero attached hydrogens (tertiary/aromatic N) is 1. The van der Waals surface area contributed by atoms with Gasteiger partial charge in [-0.15, -0.1) is 0 Å². The molecule has 0 bridgehead atoms. The van der Waals surface area contributed by atoms with E-state index in [2.05, 4.69) is 10.3 Å². The number of fused-ring (bicyclic) bond motifs is 1. The number of carbonyl (C=O) groups is 2. The molecular formula is C21H19ClN2O4. The minimum Gasteiger partial charge on any atom is -0.462 e. The maximum Gasteiger partial charge on any atom is 0.339 e. The second-order valence-electron chi connectivity index (χ2n) is 6.03. The monoisotopic (exact) mass is 398 g/mol. The molecule has 0 amide bonds. The Labute approximate surface area is 167 Å². The van der Waals surface area contributed by atoms with Crippen LogP contribution < -0.4 is 5.32 Å². The zero-order chi connectivity index (χ0) is 19.9. The fourth-order valence-electron chi connectivity index (χ4n) is 2.46. The minimum atomic E-state index is -0.486. The molecule has 0 atom stereocenters. The SMILES string of the molecule is CCCCOC(=O)c1cc(N/C=C(\C=O)c2nc3ccccc3o2)ccc1Cl. The summed E-state index contributed by atoms with van der Waals surface area (Å²) in [6.07, 6.45) is 3.83. The van der Waals surface area contributed by atoms with E-state index in [1.54, 1.807) is 30.3 Å². The standard InChI is InChI=1S/C21H19ClN2O4/c1-2-3-10-27-21(26)16-11-15(8-9-17(16)22)23-12-14(13-25)20-24-18-6-4-5-7-19(18)28-20/h4-9,11-13,23H,2-3,10H2,1H3/b14-12+. The number of allylic oxidation sites excluding steroid dienone is 1. The van der Waals surface area contributed by atoms with Crippen LogP contribution in [-0.4, -0.2) is 23.8 Å². The van der Waals surface area contributed by atoms with Gasteiger partial charge >= 0.3 is 5.97 Å². The van der Waals surface area contributed by atoms with Crippen LogP contribution in [0, 0.1) is 0 Å². The average molecular weight is 399 g/mol. The van der Waals surface area contributed by atoms with E-state index in [-0.39, 0.29) is 17.0 Å². The van der Waals surface area contributed by atoms with Crippen molar-refractivity contribution in [3.63, 3.8) is 0 Å². The van der Waals surface area contributed by atoms with Gasteiger partial charge in [0.05, 0.1) is 22.8 Å². The van der Waals surface area contributed by atoms with E-state index in [1.165, 1.54) is 6.20 Å². The summed E-state index contributed by atoms with van der Waals surface area (Å²) in [5.74, 6) is -0.280. The van der Waals surface area contributed by atoms with Gasteiger partial charge in [0.1, 0.15) is 5.52 Å². The molecule has 3 aromatic rings. The molecule has 0 aliphatic rings. The molecule has 6 nitrogen and oxygen atoms in total. The zero-order valence-corrected chi connectivity index (χ0v) is 16.0. The van der Waals surface area contributed by atoms with Crippen molar-refractivity contribution in [3.05, 3.63) is 65.1 Å². The van der Waals surface area contributed by atoms with Gasteiger partial charge in [-0.25, -0.2) is 9.78 Å². The second kappa shape index (κ2) is 9.19. The van der Waals surface area contributed by atoms with Gasteiger partial charge in [-0.2, -0.15) is 0 Å². The number of oxazole rings is 1. The van der Waals surface area contributed by atoms with Crippen molar-refractivity contribution >= 4 is 46.2 Å². The lowest BCUT2D eigenvalue weighted by atomic mass is 10.2. The number of para-hydroxylation sites is 2. The summed E-state index contributed by atoms with van der Waals surface area (Å²) in [5.41, 5.74) is 2.31. The van der Waals surface area contributed by atoms with Gasteiger partial charge in [-0.05, 0) is 36.8 Å². The van der Waals surface area contributed by atoms with Gasteiger partial charge in [-0.3, -0.25) is 4.79 Å². The number of carbonyl (C=O) groups excluding carboxylic acids is 2. The molecule has 1 aromatic heterocycles. The van der Waals surface area contributed by atoms with Crippen LogP contribution in [0.15, 0.2) is 53.1 Å². The predicted molar refractivity (Wildman–Crippen MR) is 108 cm³/mol. The molecular weight excluding hydrogens is 380 g/mol. The Bertz CT molecular complexity index is 993. The lowest BCUT2D eigenvalue weighted by Crippen LogP contribution is -2.07. The van der Waals surface area contributed by atoms with Crippen LogP contribution in [0.4, 0.5) is 5.69 Å². The van der Waals surface area contributed by atoms with Gasteiger partial charge in [0.2, 0.25) is 5.89 Å². The summed E-state index contributed by atoms with van der Waals surface area (Å²) in [4.78, 5) is 27.9. The summed E-state index contributed by atoms with van der Waals surface area (Å²) in [5, 5.41) is 3.27. The summed E-state index contributed by atoms with van der Waals surface area (Å²) < 4.78 is 10.8.